The highest BCUT2D eigenvalue weighted by Gasteiger charge is 2.29. The second kappa shape index (κ2) is 8.71. The average molecular weight is 419 g/mol. The summed E-state index contributed by atoms with van der Waals surface area (Å²) in [6.07, 6.45) is 1.99. The summed E-state index contributed by atoms with van der Waals surface area (Å²) in [7, 11) is -3.26. The molecule has 1 aliphatic rings. The van der Waals surface area contributed by atoms with Crippen LogP contribution in [0.2, 0.25) is 0 Å². The van der Waals surface area contributed by atoms with Gasteiger partial charge in [-0.1, -0.05) is 24.3 Å². The summed E-state index contributed by atoms with van der Waals surface area (Å²) >= 11 is 0. The van der Waals surface area contributed by atoms with E-state index in [0.29, 0.717) is 37.3 Å². The van der Waals surface area contributed by atoms with E-state index < -0.39 is 21.7 Å². The monoisotopic (exact) mass is 419 g/mol. The Morgan fingerprint density at radius 1 is 0.966 bits per heavy atom. The molecule has 0 aromatic heterocycles. The Morgan fingerprint density at radius 3 is 2.10 bits per heavy atom. The molecule has 0 aliphatic carbocycles. The number of amides is 2. The summed E-state index contributed by atoms with van der Waals surface area (Å²) in [4.78, 5) is 25.0. The van der Waals surface area contributed by atoms with Crippen LogP contribution in [-0.2, 0) is 14.8 Å². The van der Waals surface area contributed by atoms with Gasteiger partial charge >= 0.3 is 0 Å². The number of hydrogen-bond donors (Lipinski definition) is 2. The van der Waals surface area contributed by atoms with E-state index in [-0.39, 0.29) is 17.4 Å². The highest BCUT2D eigenvalue weighted by Crippen LogP contribution is 2.25. The number of benzene rings is 2. The minimum Gasteiger partial charge on any atom is -0.324 e. The molecule has 2 aromatic rings. The van der Waals surface area contributed by atoms with Crippen molar-refractivity contribution in [3.63, 3.8) is 0 Å². The minimum absolute atomic E-state index is 0.0956. The highest BCUT2D eigenvalue weighted by molar-refractivity contribution is 7.88. The van der Waals surface area contributed by atoms with Gasteiger partial charge in [0.1, 0.15) is 5.82 Å². The van der Waals surface area contributed by atoms with Crippen LogP contribution < -0.4 is 10.6 Å². The van der Waals surface area contributed by atoms with Crippen molar-refractivity contribution >= 4 is 33.2 Å². The van der Waals surface area contributed by atoms with Crippen LogP contribution in [0.15, 0.2) is 48.5 Å². The lowest BCUT2D eigenvalue weighted by Crippen LogP contribution is -2.40. The Hall–Kier alpha value is -2.78. The van der Waals surface area contributed by atoms with Crippen molar-refractivity contribution in [2.45, 2.75) is 12.8 Å². The van der Waals surface area contributed by atoms with Gasteiger partial charge in [-0.05, 0) is 37.1 Å². The van der Waals surface area contributed by atoms with Crippen molar-refractivity contribution in [1.29, 1.82) is 0 Å². The molecule has 7 nitrogen and oxygen atoms in total. The third-order valence-electron chi connectivity index (χ3n) is 4.85. The van der Waals surface area contributed by atoms with Crippen LogP contribution >= 0.6 is 0 Å². The van der Waals surface area contributed by atoms with Crippen molar-refractivity contribution in [1.82, 2.24) is 4.31 Å². The van der Waals surface area contributed by atoms with E-state index in [1.54, 1.807) is 30.3 Å². The molecule has 154 valence electrons. The summed E-state index contributed by atoms with van der Waals surface area (Å²) in [6.45, 7) is 0.588. The van der Waals surface area contributed by atoms with Gasteiger partial charge in [0.05, 0.1) is 23.2 Å². The third kappa shape index (κ3) is 5.18. The molecular formula is C20H22FN3O4S. The number of piperidine rings is 1. The maximum Gasteiger partial charge on any atom is 0.258 e. The van der Waals surface area contributed by atoms with E-state index in [0.717, 1.165) is 6.26 Å². The first kappa shape index (κ1) is 20.9. The number of nitrogens with zero attached hydrogens (tertiary/aromatic N) is 1. The number of carbonyl (C=O) groups is 2. The smallest absolute Gasteiger partial charge is 0.258 e. The first-order valence-electron chi connectivity index (χ1n) is 9.16. The second-order valence-electron chi connectivity index (χ2n) is 6.91. The number of hydrogen-bond acceptors (Lipinski definition) is 4. The zero-order valence-corrected chi connectivity index (χ0v) is 16.7. The Balaban J connectivity index is 1.67. The molecule has 2 amide bonds. The average Bonchev–Trinajstić information content (AvgIpc) is 2.69. The number of rotatable bonds is 5. The molecule has 1 aliphatic heterocycles. The first-order chi connectivity index (χ1) is 13.8. The van der Waals surface area contributed by atoms with E-state index in [1.807, 2.05) is 0 Å². The fourth-order valence-corrected chi connectivity index (χ4v) is 4.09. The normalized spacial score (nSPS) is 15.7. The molecule has 0 saturated carbocycles. The predicted molar refractivity (Wildman–Crippen MR) is 109 cm³/mol. The SMILES string of the molecule is CS(=O)(=O)N1CCC(C(=O)Nc2ccccc2NC(=O)c2ccccc2F)CC1. The molecule has 29 heavy (non-hydrogen) atoms. The Bertz CT molecular complexity index is 1020. The summed E-state index contributed by atoms with van der Waals surface area (Å²) in [6, 6.07) is 12.3. The second-order valence-corrected chi connectivity index (χ2v) is 8.89. The third-order valence-corrected chi connectivity index (χ3v) is 6.15. The molecule has 2 aromatic carbocycles. The van der Waals surface area contributed by atoms with E-state index >= 15 is 0 Å². The largest absolute Gasteiger partial charge is 0.324 e. The van der Waals surface area contributed by atoms with Gasteiger partial charge in [-0.3, -0.25) is 9.59 Å². The van der Waals surface area contributed by atoms with Crippen LogP contribution in [0.4, 0.5) is 15.8 Å². The highest BCUT2D eigenvalue weighted by atomic mass is 32.2. The van der Waals surface area contributed by atoms with Crippen molar-refractivity contribution in [3.05, 3.63) is 59.9 Å². The molecule has 0 radical (unpaired) electrons. The Labute approximate surface area is 169 Å². The maximum absolute atomic E-state index is 13.8. The van der Waals surface area contributed by atoms with Crippen molar-refractivity contribution in [3.8, 4) is 0 Å². The number of nitrogens with one attached hydrogen (secondary N) is 2. The number of anilines is 2. The molecular weight excluding hydrogens is 397 g/mol. The van der Waals surface area contributed by atoms with Crippen molar-refractivity contribution in [2.24, 2.45) is 5.92 Å². The lowest BCUT2D eigenvalue weighted by Gasteiger charge is -2.29. The Morgan fingerprint density at radius 2 is 1.52 bits per heavy atom. The molecule has 3 rings (SSSR count). The molecule has 1 heterocycles. The zero-order chi connectivity index (χ0) is 21.0. The van der Waals surface area contributed by atoms with Gasteiger partial charge in [0.2, 0.25) is 15.9 Å². The van der Waals surface area contributed by atoms with Gasteiger partial charge in [-0.15, -0.1) is 0 Å². The molecule has 0 bridgehead atoms. The maximum atomic E-state index is 13.8. The van der Waals surface area contributed by atoms with Gasteiger partial charge in [0, 0.05) is 19.0 Å². The quantitative estimate of drug-likeness (QED) is 0.779. The van der Waals surface area contributed by atoms with Crippen LogP contribution in [0.25, 0.3) is 0 Å². The molecule has 2 N–H and O–H groups in total. The van der Waals surface area contributed by atoms with Crippen LogP contribution in [0.1, 0.15) is 23.2 Å². The number of carbonyl (C=O) groups excluding carboxylic acids is 2. The van der Waals surface area contributed by atoms with E-state index in [2.05, 4.69) is 10.6 Å². The predicted octanol–water partition coefficient (Wildman–Crippen LogP) is 2.69. The summed E-state index contributed by atoms with van der Waals surface area (Å²) < 4.78 is 38.4. The van der Waals surface area contributed by atoms with Gasteiger partial charge < -0.3 is 10.6 Å². The summed E-state index contributed by atoms with van der Waals surface area (Å²) in [5.41, 5.74) is 0.650. The van der Waals surface area contributed by atoms with E-state index in [1.165, 1.54) is 22.5 Å². The summed E-state index contributed by atoms with van der Waals surface area (Å²) in [5.74, 6) is -1.83. The minimum atomic E-state index is -3.26. The zero-order valence-electron chi connectivity index (χ0n) is 15.9. The number of para-hydroxylation sites is 2. The van der Waals surface area contributed by atoms with Gasteiger partial charge in [0.15, 0.2) is 0 Å². The molecule has 9 heteroatoms. The molecule has 1 saturated heterocycles. The molecule has 1 fully saturated rings. The summed E-state index contributed by atoms with van der Waals surface area (Å²) in [5, 5.41) is 5.41. The van der Waals surface area contributed by atoms with Gasteiger partial charge in [-0.25, -0.2) is 17.1 Å². The molecule has 0 spiro atoms. The molecule has 0 unspecified atom stereocenters. The standard InChI is InChI=1S/C20H22FN3O4S/c1-29(27,28)24-12-10-14(11-13-24)19(25)22-17-8-4-5-9-18(17)23-20(26)15-6-2-3-7-16(15)21/h2-9,14H,10-13H2,1H3,(H,22,25)(H,23,26). The first-order valence-corrected chi connectivity index (χ1v) is 11.0. The Kier molecular flexibility index (Phi) is 6.29. The van der Waals surface area contributed by atoms with Crippen LogP contribution in [-0.4, -0.2) is 43.9 Å². The lowest BCUT2D eigenvalue weighted by atomic mass is 9.97. The van der Waals surface area contributed by atoms with E-state index in [4.69, 9.17) is 0 Å². The van der Waals surface area contributed by atoms with Crippen molar-refractivity contribution in [2.75, 3.05) is 30.0 Å². The van der Waals surface area contributed by atoms with E-state index in [9.17, 15) is 22.4 Å². The van der Waals surface area contributed by atoms with Crippen LogP contribution in [0, 0.1) is 11.7 Å². The fourth-order valence-electron chi connectivity index (χ4n) is 3.22. The van der Waals surface area contributed by atoms with Crippen LogP contribution in [0.5, 0.6) is 0 Å². The van der Waals surface area contributed by atoms with Gasteiger partial charge in [-0.2, -0.15) is 0 Å². The topological polar surface area (TPSA) is 95.6 Å². The molecule has 0 atom stereocenters. The van der Waals surface area contributed by atoms with Gasteiger partial charge in [0.25, 0.3) is 5.91 Å². The lowest BCUT2D eigenvalue weighted by molar-refractivity contribution is -0.120. The van der Waals surface area contributed by atoms with Crippen molar-refractivity contribution < 1.29 is 22.4 Å². The van der Waals surface area contributed by atoms with Crippen LogP contribution in [0.3, 0.4) is 0 Å². The fraction of sp³-hybridized carbons (Fsp3) is 0.300. The number of halogens is 1. The number of sulfonamides is 1.